The van der Waals surface area contributed by atoms with Gasteiger partial charge in [0, 0.05) is 24.3 Å². The van der Waals surface area contributed by atoms with E-state index in [0.29, 0.717) is 11.3 Å². The fourth-order valence-corrected chi connectivity index (χ4v) is 2.70. The summed E-state index contributed by atoms with van der Waals surface area (Å²) in [5, 5.41) is 18.0. The molecule has 0 unspecified atom stereocenters. The second kappa shape index (κ2) is 8.81. The molecule has 0 bridgehead atoms. The Labute approximate surface area is 174 Å². The van der Waals surface area contributed by atoms with Crippen molar-refractivity contribution in [3.63, 3.8) is 0 Å². The van der Waals surface area contributed by atoms with Crippen LogP contribution < -0.4 is 10.5 Å². The molecule has 0 radical (unpaired) electrons. The SMILES string of the molecule is N#Cc1ccc(Oc2ccc(-c3nc(CCO)cc(C(N)=O)n3)cc2)c(C(F)(F)F)c1. The first-order valence-electron chi connectivity index (χ1n) is 8.89. The monoisotopic (exact) mass is 428 g/mol. The number of alkyl halides is 3. The molecule has 0 aliphatic carbocycles. The molecule has 0 aliphatic rings. The molecule has 31 heavy (non-hydrogen) atoms. The Morgan fingerprint density at radius 2 is 1.84 bits per heavy atom. The van der Waals surface area contributed by atoms with Gasteiger partial charge in [-0.05, 0) is 48.5 Å². The number of hydrogen-bond donors (Lipinski definition) is 2. The molecule has 0 spiro atoms. The Morgan fingerprint density at radius 3 is 2.42 bits per heavy atom. The summed E-state index contributed by atoms with van der Waals surface area (Å²) in [6.45, 7) is -0.187. The molecule has 0 saturated carbocycles. The first-order chi connectivity index (χ1) is 14.7. The zero-order valence-corrected chi connectivity index (χ0v) is 15.8. The van der Waals surface area contributed by atoms with Crippen LogP contribution in [0.5, 0.6) is 11.5 Å². The third kappa shape index (κ3) is 5.15. The van der Waals surface area contributed by atoms with Gasteiger partial charge in [0.15, 0.2) is 5.82 Å². The minimum Gasteiger partial charge on any atom is -0.457 e. The van der Waals surface area contributed by atoms with E-state index in [9.17, 15) is 18.0 Å². The van der Waals surface area contributed by atoms with Crippen molar-refractivity contribution < 1.29 is 27.8 Å². The van der Waals surface area contributed by atoms with E-state index in [4.69, 9.17) is 20.8 Å². The van der Waals surface area contributed by atoms with E-state index in [1.807, 2.05) is 0 Å². The first kappa shape index (κ1) is 21.7. The van der Waals surface area contributed by atoms with Gasteiger partial charge in [0.25, 0.3) is 5.91 Å². The van der Waals surface area contributed by atoms with Crippen LogP contribution in [0.15, 0.2) is 48.5 Å². The van der Waals surface area contributed by atoms with Crippen molar-refractivity contribution in [2.75, 3.05) is 6.61 Å². The molecule has 0 saturated heterocycles. The molecular weight excluding hydrogens is 413 g/mol. The summed E-state index contributed by atoms with van der Waals surface area (Å²) in [5.41, 5.74) is 4.92. The molecule has 1 heterocycles. The quantitative estimate of drug-likeness (QED) is 0.620. The van der Waals surface area contributed by atoms with Crippen LogP contribution in [0.3, 0.4) is 0 Å². The van der Waals surface area contributed by atoms with Gasteiger partial charge in [0.2, 0.25) is 0 Å². The van der Waals surface area contributed by atoms with E-state index in [0.717, 1.165) is 12.1 Å². The lowest BCUT2D eigenvalue weighted by atomic mass is 10.1. The number of carbonyl (C=O) groups is 1. The van der Waals surface area contributed by atoms with Crippen LogP contribution in [0.4, 0.5) is 13.2 Å². The molecule has 3 N–H and O–H groups in total. The molecule has 3 rings (SSSR count). The zero-order valence-electron chi connectivity index (χ0n) is 15.8. The third-order valence-electron chi connectivity index (χ3n) is 4.15. The largest absolute Gasteiger partial charge is 0.457 e. The van der Waals surface area contributed by atoms with Crippen LogP contribution in [0, 0.1) is 11.3 Å². The molecule has 0 atom stereocenters. The lowest BCUT2D eigenvalue weighted by molar-refractivity contribution is -0.138. The van der Waals surface area contributed by atoms with Crippen molar-refractivity contribution in [1.29, 1.82) is 5.26 Å². The molecule has 158 valence electrons. The molecule has 7 nitrogen and oxygen atoms in total. The molecule has 1 aromatic heterocycles. The molecule has 3 aromatic rings. The van der Waals surface area contributed by atoms with Gasteiger partial charge in [-0.15, -0.1) is 0 Å². The van der Waals surface area contributed by atoms with E-state index in [1.54, 1.807) is 6.07 Å². The lowest BCUT2D eigenvalue weighted by Gasteiger charge is -2.14. The van der Waals surface area contributed by atoms with Crippen molar-refractivity contribution in [2.24, 2.45) is 5.73 Å². The summed E-state index contributed by atoms with van der Waals surface area (Å²) in [4.78, 5) is 19.8. The van der Waals surface area contributed by atoms with E-state index >= 15 is 0 Å². The summed E-state index contributed by atoms with van der Waals surface area (Å²) < 4.78 is 45.3. The zero-order chi connectivity index (χ0) is 22.6. The van der Waals surface area contributed by atoms with Crippen molar-refractivity contribution in [1.82, 2.24) is 9.97 Å². The minimum absolute atomic E-state index is 0.0267. The topological polar surface area (TPSA) is 122 Å². The average molecular weight is 428 g/mol. The Morgan fingerprint density at radius 1 is 1.13 bits per heavy atom. The second-order valence-electron chi connectivity index (χ2n) is 6.35. The van der Waals surface area contributed by atoms with E-state index < -0.39 is 23.4 Å². The van der Waals surface area contributed by atoms with Crippen molar-refractivity contribution in [3.05, 3.63) is 71.0 Å². The molecule has 10 heteroatoms. The lowest BCUT2D eigenvalue weighted by Crippen LogP contribution is -2.15. The van der Waals surface area contributed by atoms with Crippen LogP contribution in [-0.2, 0) is 12.6 Å². The number of aliphatic hydroxyl groups is 1. The molecule has 1 amide bonds. The van der Waals surface area contributed by atoms with Gasteiger partial charge in [0.05, 0.1) is 17.2 Å². The predicted molar refractivity (Wildman–Crippen MR) is 103 cm³/mol. The maximum absolute atomic E-state index is 13.3. The summed E-state index contributed by atoms with van der Waals surface area (Å²) in [6, 6.07) is 11.9. The standard InChI is InChI=1S/C21H15F3N4O3/c22-21(23,24)16-9-12(11-25)1-6-18(16)31-15-4-2-13(3-5-15)20-27-14(7-8-29)10-17(28-20)19(26)30/h1-6,9-10,29H,7-8H2,(H2,26,30). The number of benzene rings is 2. The fourth-order valence-electron chi connectivity index (χ4n) is 2.70. The Kier molecular flexibility index (Phi) is 6.17. The number of rotatable bonds is 6. The number of nitriles is 1. The van der Waals surface area contributed by atoms with Crippen LogP contribution in [-0.4, -0.2) is 27.6 Å². The predicted octanol–water partition coefficient (Wildman–Crippen LogP) is 3.46. The highest BCUT2D eigenvalue weighted by molar-refractivity contribution is 5.91. The van der Waals surface area contributed by atoms with E-state index in [1.165, 1.54) is 36.4 Å². The number of hydrogen-bond acceptors (Lipinski definition) is 6. The van der Waals surface area contributed by atoms with Crippen molar-refractivity contribution >= 4 is 5.91 Å². The number of nitrogens with zero attached hydrogens (tertiary/aromatic N) is 3. The summed E-state index contributed by atoms with van der Waals surface area (Å²) in [5.74, 6) is -0.930. The number of aromatic nitrogens is 2. The Hall–Kier alpha value is -3.97. The first-order valence-corrected chi connectivity index (χ1v) is 8.89. The number of aliphatic hydroxyl groups excluding tert-OH is 1. The van der Waals surface area contributed by atoms with Gasteiger partial charge < -0.3 is 15.6 Å². The van der Waals surface area contributed by atoms with Gasteiger partial charge in [0.1, 0.15) is 17.2 Å². The third-order valence-corrected chi connectivity index (χ3v) is 4.15. The van der Waals surface area contributed by atoms with Crippen molar-refractivity contribution in [3.8, 4) is 29.0 Å². The second-order valence-corrected chi connectivity index (χ2v) is 6.35. The normalized spacial score (nSPS) is 11.1. The number of halogens is 3. The Balaban J connectivity index is 1.92. The summed E-state index contributed by atoms with van der Waals surface area (Å²) >= 11 is 0. The Bertz CT molecular complexity index is 1160. The summed E-state index contributed by atoms with van der Waals surface area (Å²) in [6.07, 6.45) is -4.51. The smallest absolute Gasteiger partial charge is 0.420 e. The molecular formula is C21H15F3N4O3. The van der Waals surface area contributed by atoms with Gasteiger partial charge >= 0.3 is 6.18 Å². The minimum atomic E-state index is -4.70. The van der Waals surface area contributed by atoms with Crippen LogP contribution in [0.1, 0.15) is 27.3 Å². The average Bonchev–Trinajstić information content (AvgIpc) is 2.74. The van der Waals surface area contributed by atoms with Gasteiger partial charge in [-0.25, -0.2) is 9.97 Å². The van der Waals surface area contributed by atoms with Gasteiger partial charge in [-0.1, -0.05) is 0 Å². The highest BCUT2D eigenvalue weighted by Crippen LogP contribution is 2.38. The van der Waals surface area contributed by atoms with E-state index in [-0.39, 0.29) is 35.9 Å². The summed E-state index contributed by atoms with van der Waals surface area (Å²) in [7, 11) is 0. The van der Waals surface area contributed by atoms with Crippen LogP contribution in [0.2, 0.25) is 0 Å². The highest BCUT2D eigenvalue weighted by Gasteiger charge is 2.35. The fraction of sp³-hybridized carbons (Fsp3) is 0.143. The highest BCUT2D eigenvalue weighted by atomic mass is 19.4. The van der Waals surface area contributed by atoms with Crippen LogP contribution >= 0.6 is 0 Å². The van der Waals surface area contributed by atoms with Crippen LogP contribution in [0.25, 0.3) is 11.4 Å². The molecule has 0 fully saturated rings. The number of ether oxygens (including phenoxy) is 1. The molecule has 0 aliphatic heterocycles. The maximum atomic E-state index is 13.3. The molecule has 2 aromatic carbocycles. The van der Waals surface area contributed by atoms with Gasteiger partial charge in [-0.2, -0.15) is 18.4 Å². The number of carbonyl (C=O) groups excluding carboxylic acids is 1. The number of amides is 1. The number of nitrogens with two attached hydrogens (primary N) is 1. The number of primary amides is 1. The van der Waals surface area contributed by atoms with E-state index in [2.05, 4.69) is 9.97 Å². The van der Waals surface area contributed by atoms with Gasteiger partial charge in [-0.3, -0.25) is 4.79 Å². The van der Waals surface area contributed by atoms with Crippen molar-refractivity contribution in [2.45, 2.75) is 12.6 Å². The maximum Gasteiger partial charge on any atom is 0.420 e.